The smallest absolute Gasteiger partial charge is 0.319 e. The van der Waals surface area contributed by atoms with E-state index in [1.807, 2.05) is 13.0 Å². The molecule has 0 saturated heterocycles. The molecule has 3 aromatic rings. The molecule has 0 saturated carbocycles. The highest BCUT2D eigenvalue weighted by Gasteiger charge is 2.31. The Morgan fingerprint density at radius 3 is 2.66 bits per heavy atom. The quantitative estimate of drug-likeness (QED) is 0.255. The Kier molecular flexibility index (Phi) is 7.85. The second kappa shape index (κ2) is 11.2. The zero-order chi connectivity index (χ0) is 27.4. The molecule has 0 fully saturated rings. The lowest BCUT2D eigenvalue weighted by Crippen LogP contribution is -2.46. The zero-order valence-corrected chi connectivity index (χ0v) is 21.0. The second-order valence-electron chi connectivity index (χ2n) is 8.78. The largest absolute Gasteiger partial charge is 0.380 e. The summed E-state index contributed by atoms with van der Waals surface area (Å²) in [5.41, 5.74) is 3.13. The summed E-state index contributed by atoms with van der Waals surface area (Å²) in [5, 5.41) is 19.1. The molecule has 4 rings (SSSR count). The third-order valence-corrected chi connectivity index (χ3v) is 5.93. The van der Waals surface area contributed by atoms with Gasteiger partial charge in [-0.15, -0.1) is 0 Å². The van der Waals surface area contributed by atoms with E-state index in [0.29, 0.717) is 23.4 Å². The molecule has 198 valence electrons. The van der Waals surface area contributed by atoms with Gasteiger partial charge in [0.1, 0.15) is 0 Å². The molecule has 3 amide bonds. The van der Waals surface area contributed by atoms with Crippen LogP contribution in [-0.4, -0.2) is 22.1 Å². The molecule has 2 aromatic carbocycles. The van der Waals surface area contributed by atoms with Crippen LogP contribution in [0.1, 0.15) is 44.5 Å². The number of anilines is 1. The average Bonchev–Trinajstić information content (AvgIpc) is 3.25. The van der Waals surface area contributed by atoms with Crippen LogP contribution in [0, 0.1) is 11.6 Å². The van der Waals surface area contributed by atoms with E-state index >= 15 is 0 Å². The van der Waals surface area contributed by atoms with Gasteiger partial charge in [0.2, 0.25) is 0 Å². The van der Waals surface area contributed by atoms with Crippen molar-refractivity contribution in [1.29, 1.82) is 0 Å². The van der Waals surface area contributed by atoms with Crippen LogP contribution in [0.3, 0.4) is 0 Å². The number of nitrogens with zero attached hydrogens (tertiary/aromatic N) is 1. The molecule has 5 N–H and O–H groups in total. The molecular formula is C27H27F3N6O2. The summed E-state index contributed by atoms with van der Waals surface area (Å²) in [6.07, 6.45) is 4.00. The van der Waals surface area contributed by atoms with Crippen molar-refractivity contribution < 1.29 is 22.8 Å². The average molecular weight is 525 g/mol. The fraction of sp³-hybridized carbons (Fsp3) is 0.222. The van der Waals surface area contributed by atoms with E-state index in [2.05, 4.69) is 31.5 Å². The maximum atomic E-state index is 13.9. The highest BCUT2D eigenvalue weighted by atomic mass is 19.2. The third-order valence-electron chi connectivity index (χ3n) is 5.93. The van der Waals surface area contributed by atoms with Gasteiger partial charge in [-0.25, -0.2) is 18.0 Å². The summed E-state index contributed by atoms with van der Waals surface area (Å²) in [6.45, 7) is 5.21. The summed E-state index contributed by atoms with van der Waals surface area (Å²) < 4.78 is 40.8. The molecular weight excluding hydrogens is 497 g/mol. The molecule has 38 heavy (non-hydrogen) atoms. The van der Waals surface area contributed by atoms with Gasteiger partial charge < -0.3 is 21.3 Å². The van der Waals surface area contributed by atoms with Crippen molar-refractivity contribution in [2.75, 3.05) is 5.32 Å². The molecule has 0 spiro atoms. The van der Waals surface area contributed by atoms with E-state index < -0.39 is 29.6 Å². The number of urea groups is 1. The molecule has 2 heterocycles. The molecule has 0 radical (unpaired) electrons. The maximum Gasteiger partial charge on any atom is 0.319 e. The number of nitrogens with one attached hydrogen (secondary N) is 5. The van der Waals surface area contributed by atoms with Crippen LogP contribution in [0.25, 0.3) is 10.9 Å². The van der Waals surface area contributed by atoms with Gasteiger partial charge in [-0.3, -0.25) is 9.89 Å². The van der Waals surface area contributed by atoms with Gasteiger partial charge in [0.15, 0.2) is 11.6 Å². The highest BCUT2D eigenvalue weighted by Crippen LogP contribution is 2.29. The van der Waals surface area contributed by atoms with Crippen molar-refractivity contribution in [3.63, 3.8) is 0 Å². The molecule has 1 aliphatic rings. The topological polar surface area (TPSA) is 111 Å². The number of amides is 3. The van der Waals surface area contributed by atoms with Gasteiger partial charge in [-0.1, -0.05) is 19.1 Å². The van der Waals surface area contributed by atoms with Gasteiger partial charge in [0.25, 0.3) is 5.91 Å². The number of carbonyl (C=O) groups excluding carboxylic acids is 2. The number of carbonyl (C=O) groups is 2. The first-order chi connectivity index (χ1) is 18.2. The van der Waals surface area contributed by atoms with E-state index in [4.69, 9.17) is 0 Å². The van der Waals surface area contributed by atoms with Crippen molar-refractivity contribution in [2.24, 2.45) is 0 Å². The van der Waals surface area contributed by atoms with Gasteiger partial charge >= 0.3 is 6.03 Å². The molecule has 11 heteroatoms. The first-order valence-corrected chi connectivity index (χ1v) is 12.0. The Morgan fingerprint density at radius 1 is 1.16 bits per heavy atom. The molecule has 0 aliphatic carbocycles. The Labute approximate surface area is 217 Å². The van der Waals surface area contributed by atoms with Crippen molar-refractivity contribution in [1.82, 2.24) is 26.1 Å². The lowest BCUT2D eigenvalue weighted by Gasteiger charge is -2.28. The number of H-pyrrole nitrogens is 1. The van der Waals surface area contributed by atoms with Gasteiger partial charge in [-0.2, -0.15) is 5.10 Å². The molecule has 1 aliphatic heterocycles. The standard InChI is InChI=1S/C27H27F3N6O2/c1-4-5-17(10-14(2)28)31-13-23-19-12-18(7-9-22(19)35-36-23)33-26(37)24-15(3)32-27(38)34-25(24)16-6-8-20(29)21(30)11-16/h5-12,25,31H,4,13H2,1-3H3,(H,33,37)(H,35,36)(H2,32,34,38)/b14-10+,17-5+. The number of rotatable bonds is 8. The number of halogens is 3. The molecule has 0 bridgehead atoms. The number of aromatic amines is 1. The monoisotopic (exact) mass is 524 g/mol. The second-order valence-corrected chi connectivity index (χ2v) is 8.78. The third kappa shape index (κ3) is 5.88. The summed E-state index contributed by atoms with van der Waals surface area (Å²) in [4.78, 5) is 25.5. The number of allylic oxidation sites excluding steroid dienone is 4. The predicted octanol–water partition coefficient (Wildman–Crippen LogP) is 5.36. The lowest BCUT2D eigenvalue weighted by molar-refractivity contribution is -0.113. The number of aromatic nitrogens is 2. The van der Waals surface area contributed by atoms with Crippen LogP contribution in [0.5, 0.6) is 0 Å². The van der Waals surface area contributed by atoms with E-state index in [-0.39, 0.29) is 22.7 Å². The number of fused-ring (bicyclic) bond motifs is 1. The fourth-order valence-corrected chi connectivity index (χ4v) is 4.22. The summed E-state index contributed by atoms with van der Waals surface area (Å²) in [5.74, 6) is -2.98. The molecule has 1 atom stereocenters. The Balaban J connectivity index is 1.59. The van der Waals surface area contributed by atoms with Gasteiger partial charge in [0.05, 0.1) is 35.2 Å². The van der Waals surface area contributed by atoms with E-state index in [0.717, 1.165) is 29.6 Å². The Morgan fingerprint density at radius 2 is 1.95 bits per heavy atom. The normalized spacial score (nSPS) is 16.4. The van der Waals surface area contributed by atoms with E-state index in [1.165, 1.54) is 19.1 Å². The van der Waals surface area contributed by atoms with Crippen LogP contribution < -0.4 is 21.3 Å². The first kappa shape index (κ1) is 26.5. The van der Waals surface area contributed by atoms with Crippen molar-refractivity contribution >= 4 is 28.5 Å². The predicted molar refractivity (Wildman–Crippen MR) is 138 cm³/mol. The highest BCUT2D eigenvalue weighted by molar-refractivity contribution is 6.07. The number of benzene rings is 2. The van der Waals surface area contributed by atoms with Crippen LogP contribution in [0.15, 0.2) is 71.3 Å². The van der Waals surface area contributed by atoms with Gasteiger partial charge in [0, 0.05) is 22.5 Å². The van der Waals surface area contributed by atoms with Crippen LogP contribution in [-0.2, 0) is 11.3 Å². The SMILES string of the molecule is CC/C=C(\C=C(/C)F)NCc1[nH]nc2ccc(NC(=O)C3=C(C)NC(=O)NC3c3ccc(F)c(F)c3)cc12. The number of hydrogen-bond acceptors (Lipinski definition) is 4. The van der Waals surface area contributed by atoms with Gasteiger partial charge in [-0.05, 0) is 62.2 Å². The van der Waals surface area contributed by atoms with Crippen molar-refractivity contribution in [3.05, 3.63) is 94.2 Å². The van der Waals surface area contributed by atoms with E-state index in [1.54, 1.807) is 25.1 Å². The minimum Gasteiger partial charge on any atom is -0.380 e. The zero-order valence-electron chi connectivity index (χ0n) is 21.0. The first-order valence-electron chi connectivity index (χ1n) is 12.0. The summed E-state index contributed by atoms with van der Waals surface area (Å²) in [7, 11) is 0. The minimum atomic E-state index is -1.09. The van der Waals surface area contributed by atoms with E-state index in [9.17, 15) is 22.8 Å². The van der Waals surface area contributed by atoms with Crippen molar-refractivity contribution in [3.8, 4) is 0 Å². The summed E-state index contributed by atoms with van der Waals surface area (Å²) >= 11 is 0. The Hall–Kier alpha value is -4.54. The van der Waals surface area contributed by atoms with Crippen LogP contribution in [0.2, 0.25) is 0 Å². The maximum absolute atomic E-state index is 13.9. The fourth-order valence-electron chi connectivity index (χ4n) is 4.22. The number of hydrogen-bond donors (Lipinski definition) is 5. The Bertz CT molecular complexity index is 1490. The summed E-state index contributed by atoms with van der Waals surface area (Å²) in [6, 6.07) is 6.78. The van der Waals surface area contributed by atoms with Crippen molar-refractivity contribution in [2.45, 2.75) is 39.8 Å². The van der Waals surface area contributed by atoms with Crippen LogP contribution >= 0.6 is 0 Å². The molecule has 1 aromatic heterocycles. The minimum absolute atomic E-state index is 0.146. The van der Waals surface area contributed by atoms with Crippen LogP contribution in [0.4, 0.5) is 23.7 Å². The molecule has 8 nitrogen and oxygen atoms in total. The molecule has 1 unspecified atom stereocenters. The lowest BCUT2D eigenvalue weighted by atomic mass is 9.94.